The van der Waals surface area contributed by atoms with Gasteiger partial charge in [0.15, 0.2) is 6.54 Å². The van der Waals surface area contributed by atoms with Crippen LogP contribution in [0.25, 0.3) is 10.9 Å². The SMILES string of the molecule is COC(=O)c1[nH]c2cccc(Cl)c2c1NC(=O)C[NH+]1CCCCC1. The fourth-order valence-electron chi connectivity index (χ4n) is 3.22. The van der Waals surface area contributed by atoms with Gasteiger partial charge in [-0.25, -0.2) is 4.79 Å². The molecule has 24 heavy (non-hydrogen) atoms. The highest BCUT2D eigenvalue weighted by atomic mass is 35.5. The maximum Gasteiger partial charge on any atom is 0.356 e. The number of likely N-dealkylation sites (tertiary alicyclic amines) is 1. The van der Waals surface area contributed by atoms with Gasteiger partial charge in [-0.3, -0.25) is 4.79 Å². The third-order valence-electron chi connectivity index (χ3n) is 4.40. The molecular formula is C17H21ClN3O3+. The Morgan fingerprint density at radius 2 is 2.04 bits per heavy atom. The van der Waals surface area contributed by atoms with E-state index < -0.39 is 5.97 Å². The summed E-state index contributed by atoms with van der Waals surface area (Å²) in [5.74, 6) is -0.666. The Hall–Kier alpha value is -2.05. The first-order chi connectivity index (χ1) is 11.6. The lowest BCUT2D eigenvalue weighted by atomic mass is 10.1. The number of piperidine rings is 1. The van der Waals surface area contributed by atoms with E-state index in [4.69, 9.17) is 16.3 Å². The van der Waals surface area contributed by atoms with E-state index in [1.807, 2.05) is 0 Å². The standard InChI is InChI=1S/C17H20ClN3O3/c1-24-17(23)16-15(14-11(18)6-5-7-12(14)19-16)20-13(22)10-21-8-3-2-4-9-21/h5-7,19H,2-4,8-10H2,1H3,(H,20,22)/p+1. The van der Waals surface area contributed by atoms with Crippen molar-refractivity contribution in [3.05, 3.63) is 28.9 Å². The molecule has 1 aromatic carbocycles. The molecule has 3 rings (SSSR count). The Bertz CT molecular complexity index is 766. The van der Waals surface area contributed by atoms with Crippen LogP contribution < -0.4 is 10.2 Å². The number of carbonyl (C=O) groups is 2. The van der Waals surface area contributed by atoms with E-state index in [2.05, 4.69) is 10.3 Å². The fraction of sp³-hybridized carbons (Fsp3) is 0.412. The van der Waals surface area contributed by atoms with Crippen LogP contribution in [-0.4, -0.2) is 43.6 Å². The molecule has 0 radical (unpaired) electrons. The lowest BCUT2D eigenvalue weighted by Crippen LogP contribution is -3.13. The molecule has 1 fully saturated rings. The van der Waals surface area contributed by atoms with Crippen molar-refractivity contribution < 1.29 is 19.2 Å². The molecular weight excluding hydrogens is 330 g/mol. The number of hydrogen-bond acceptors (Lipinski definition) is 3. The second kappa shape index (κ2) is 7.23. The number of quaternary nitrogens is 1. The van der Waals surface area contributed by atoms with Crippen LogP contribution in [0.2, 0.25) is 5.02 Å². The smallest absolute Gasteiger partial charge is 0.356 e. The van der Waals surface area contributed by atoms with Crippen molar-refractivity contribution >= 4 is 40.1 Å². The number of rotatable bonds is 4. The van der Waals surface area contributed by atoms with Crippen molar-refractivity contribution in [3.8, 4) is 0 Å². The van der Waals surface area contributed by atoms with Gasteiger partial charge in [-0.15, -0.1) is 0 Å². The fourth-order valence-corrected chi connectivity index (χ4v) is 3.49. The molecule has 0 bridgehead atoms. The minimum atomic E-state index is -0.539. The van der Waals surface area contributed by atoms with Crippen LogP contribution >= 0.6 is 11.6 Å². The van der Waals surface area contributed by atoms with Crippen LogP contribution in [0.4, 0.5) is 5.69 Å². The summed E-state index contributed by atoms with van der Waals surface area (Å²) in [4.78, 5) is 28.7. The summed E-state index contributed by atoms with van der Waals surface area (Å²) in [6.07, 6.45) is 3.53. The average Bonchev–Trinajstić information content (AvgIpc) is 2.95. The quantitative estimate of drug-likeness (QED) is 0.733. The van der Waals surface area contributed by atoms with Crippen LogP contribution in [0.3, 0.4) is 0 Å². The average molecular weight is 351 g/mol. The molecule has 0 atom stereocenters. The number of esters is 1. The molecule has 7 heteroatoms. The topological polar surface area (TPSA) is 75.6 Å². The van der Waals surface area contributed by atoms with Gasteiger partial charge in [-0.05, 0) is 31.4 Å². The van der Waals surface area contributed by atoms with Gasteiger partial charge in [0.2, 0.25) is 0 Å². The van der Waals surface area contributed by atoms with Crippen molar-refractivity contribution in [1.29, 1.82) is 0 Å². The third kappa shape index (κ3) is 3.39. The normalized spacial score (nSPS) is 15.4. The summed E-state index contributed by atoms with van der Waals surface area (Å²) in [5.41, 5.74) is 1.29. The van der Waals surface area contributed by atoms with Crippen molar-refractivity contribution in [2.75, 3.05) is 32.1 Å². The molecule has 3 N–H and O–H groups in total. The monoisotopic (exact) mass is 350 g/mol. The Kier molecular flexibility index (Phi) is 5.06. The lowest BCUT2D eigenvalue weighted by Gasteiger charge is -2.22. The number of amides is 1. The second-order valence-corrected chi connectivity index (χ2v) is 6.47. The molecule has 128 valence electrons. The first kappa shape index (κ1) is 16.8. The summed E-state index contributed by atoms with van der Waals surface area (Å²) < 4.78 is 4.81. The molecule has 0 unspecified atom stereocenters. The van der Waals surface area contributed by atoms with E-state index in [9.17, 15) is 9.59 Å². The number of hydrogen-bond donors (Lipinski definition) is 3. The van der Waals surface area contributed by atoms with Crippen LogP contribution in [0.1, 0.15) is 29.8 Å². The van der Waals surface area contributed by atoms with Gasteiger partial charge < -0.3 is 19.9 Å². The molecule has 1 aliphatic rings. The van der Waals surface area contributed by atoms with Gasteiger partial charge in [-0.2, -0.15) is 0 Å². The largest absolute Gasteiger partial charge is 0.464 e. The lowest BCUT2D eigenvalue weighted by molar-refractivity contribution is -0.896. The first-order valence-electron chi connectivity index (χ1n) is 8.12. The van der Waals surface area contributed by atoms with Gasteiger partial charge in [0.25, 0.3) is 5.91 Å². The van der Waals surface area contributed by atoms with Crippen molar-refractivity contribution in [2.24, 2.45) is 0 Å². The molecule has 2 heterocycles. The van der Waals surface area contributed by atoms with Gasteiger partial charge in [0.1, 0.15) is 5.69 Å². The minimum absolute atomic E-state index is 0.127. The number of fused-ring (bicyclic) bond motifs is 1. The third-order valence-corrected chi connectivity index (χ3v) is 4.71. The van der Waals surface area contributed by atoms with E-state index >= 15 is 0 Å². The highest BCUT2D eigenvalue weighted by Gasteiger charge is 2.24. The predicted octanol–water partition coefficient (Wildman–Crippen LogP) is 1.62. The molecule has 0 aliphatic carbocycles. The summed E-state index contributed by atoms with van der Waals surface area (Å²) in [6.45, 7) is 2.40. The van der Waals surface area contributed by atoms with Gasteiger partial charge in [0.05, 0.1) is 30.9 Å². The zero-order valence-electron chi connectivity index (χ0n) is 13.6. The molecule has 1 aromatic heterocycles. The van der Waals surface area contributed by atoms with Crippen LogP contribution in [0.5, 0.6) is 0 Å². The number of methoxy groups -OCH3 is 1. The molecule has 1 amide bonds. The van der Waals surface area contributed by atoms with Gasteiger partial charge in [0, 0.05) is 10.9 Å². The van der Waals surface area contributed by atoms with Crippen LogP contribution in [0.15, 0.2) is 18.2 Å². The van der Waals surface area contributed by atoms with Crippen molar-refractivity contribution in [3.63, 3.8) is 0 Å². The number of anilines is 1. The zero-order valence-corrected chi connectivity index (χ0v) is 14.3. The number of ether oxygens (including phenoxy) is 1. The number of H-pyrrole nitrogens is 1. The molecule has 6 nitrogen and oxygen atoms in total. The summed E-state index contributed by atoms with van der Waals surface area (Å²) in [6, 6.07) is 5.31. The van der Waals surface area contributed by atoms with E-state index in [-0.39, 0.29) is 11.6 Å². The molecule has 0 saturated carbocycles. The Balaban J connectivity index is 1.89. The predicted molar refractivity (Wildman–Crippen MR) is 92.7 cm³/mol. The van der Waals surface area contributed by atoms with Crippen LogP contribution in [0, 0.1) is 0 Å². The highest BCUT2D eigenvalue weighted by Crippen LogP contribution is 2.33. The van der Waals surface area contributed by atoms with E-state index in [1.54, 1.807) is 18.2 Å². The minimum Gasteiger partial charge on any atom is -0.464 e. The van der Waals surface area contributed by atoms with E-state index in [1.165, 1.54) is 18.4 Å². The van der Waals surface area contributed by atoms with Crippen molar-refractivity contribution in [2.45, 2.75) is 19.3 Å². The Morgan fingerprint density at radius 3 is 2.75 bits per heavy atom. The Morgan fingerprint density at radius 1 is 1.29 bits per heavy atom. The summed E-state index contributed by atoms with van der Waals surface area (Å²) in [5, 5.41) is 3.96. The maximum atomic E-state index is 12.5. The number of halogens is 1. The maximum absolute atomic E-state index is 12.5. The number of nitrogens with one attached hydrogen (secondary N) is 3. The second-order valence-electron chi connectivity index (χ2n) is 6.06. The van der Waals surface area contributed by atoms with E-state index in [0.29, 0.717) is 28.2 Å². The number of aromatic nitrogens is 1. The molecule has 0 spiro atoms. The molecule has 2 aromatic rings. The number of aromatic amines is 1. The van der Waals surface area contributed by atoms with Gasteiger partial charge >= 0.3 is 5.97 Å². The Labute approximate surface area is 145 Å². The highest BCUT2D eigenvalue weighted by molar-refractivity contribution is 6.37. The van der Waals surface area contributed by atoms with Gasteiger partial charge in [-0.1, -0.05) is 17.7 Å². The molecule has 1 saturated heterocycles. The summed E-state index contributed by atoms with van der Waals surface area (Å²) in [7, 11) is 1.30. The number of benzene rings is 1. The van der Waals surface area contributed by atoms with Crippen LogP contribution in [-0.2, 0) is 9.53 Å². The first-order valence-corrected chi connectivity index (χ1v) is 8.50. The zero-order chi connectivity index (χ0) is 17.1. The molecule has 1 aliphatic heterocycles. The van der Waals surface area contributed by atoms with E-state index in [0.717, 1.165) is 25.9 Å². The summed E-state index contributed by atoms with van der Waals surface area (Å²) >= 11 is 6.27. The number of carbonyl (C=O) groups excluding carboxylic acids is 2. The van der Waals surface area contributed by atoms with Crippen molar-refractivity contribution in [1.82, 2.24) is 4.98 Å².